The fraction of sp³-hybridized carbons (Fsp3) is 0.391. The normalized spacial score (nSPS) is 11.9. The molecule has 0 saturated carbocycles. The molecule has 3 rings (SSSR count). The van der Waals surface area contributed by atoms with Gasteiger partial charge in [-0.25, -0.2) is 4.68 Å². The van der Waals surface area contributed by atoms with Gasteiger partial charge in [-0.2, -0.15) is 10.2 Å². The lowest BCUT2D eigenvalue weighted by molar-refractivity contribution is -0.120. The number of hydrogen-bond acceptors (Lipinski definition) is 7. The molecule has 2 N–H and O–H groups in total. The second kappa shape index (κ2) is 11.7. The number of rotatable bonds is 11. The monoisotopic (exact) mass is 489 g/mol. The smallest absolute Gasteiger partial charge is 0.271 e. The van der Waals surface area contributed by atoms with Crippen molar-refractivity contribution in [3.8, 4) is 17.2 Å². The van der Waals surface area contributed by atoms with Crippen molar-refractivity contribution in [2.24, 2.45) is 5.92 Å². The molecule has 0 saturated heterocycles. The van der Waals surface area contributed by atoms with Gasteiger partial charge in [0.15, 0.2) is 11.6 Å². The summed E-state index contributed by atoms with van der Waals surface area (Å²) in [5.74, 6) is 1.01. The number of halogens is 1. The highest BCUT2D eigenvalue weighted by Crippen LogP contribution is 2.35. The van der Waals surface area contributed by atoms with E-state index in [9.17, 15) is 9.59 Å². The van der Waals surface area contributed by atoms with Crippen LogP contribution in [-0.4, -0.2) is 44.3 Å². The van der Waals surface area contributed by atoms with Gasteiger partial charge < -0.3 is 19.9 Å². The average Bonchev–Trinajstić information content (AvgIpc) is 3.25. The Hall–Kier alpha value is -3.37. The van der Waals surface area contributed by atoms with Gasteiger partial charge in [-0.05, 0) is 30.9 Å². The summed E-state index contributed by atoms with van der Waals surface area (Å²) in [4.78, 5) is 25.9. The van der Waals surface area contributed by atoms with Gasteiger partial charge in [-0.3, -0.25) is 14.3 Å². The summed E-state index contributed by atoms with van der Waals surface area (Å²) >= 11 is 6.26. The van der Waals surface area contributed by atoms with Crippen LogP contribution >= 0.6 is 11.6 Å². The lowest BCUT2D eigenvalue weighted by atomic mass is 10.0. The average molecular weight is 490 g/mol. The topological polar surface area (TPSA) is 120 Å². The molecule has 0 radical (unpaired) electrons. The molecule has 182 valence electrons. The summed E-state index contributed by atoms with van der Waals surface area (Å²) in [6, 6.07) is 7.12. The van der Waals surface area contributed by atoms with Crippen LogP contribution in [0.5, 0.6) is 17.2 Å². The zero-order chi connectivity index (χ0) is 24.7. The van der Waals surface area contributed by atoms with E-state index >= 15 is 0 Å². The van der Waals surface area contributed by atoms with Crippen molar-refractivity contribution >= 4 is 23.3 Å². The second-order valence-electron chi connectivity index (χ2n) is 8.02. The van der Waals surface area contributed by atoms with Gasteiger partial charge in [0.1, 0.15) is 22.6 Å². The van der Waals surface area contributed by atoms with Crippen molar-refractivity contribution in [3.05, 3.63) is 58.1 Å². The van der Waals surface area contributed by atoms with Gasteiger partial charge in [-0.1, -0.05) is 31.5 Å². The van der Waals surface area contributed by atoms with Gasteiger partial charge in [0.05, 0.1) is 13.3 Å². The summed E-state index contributed by atoms with van der Waals surface area (Å²) in [6.07, 6.45) is 4.02. The molecule has 0 bridgehead atoms. The highest BCUT2D eigenvalue weighted by Gasteiger charge is 2.25. The van der Waals surface area contributed by atoms with Crippen LogP contribution in [0.4, 0.5) is 5.82 Å². The Kier molecular flexibility index (Phi) is 8.67. The number of carbonyl (C=O) groups is 1. The van der Waals surface area contributed by atoms with Crippen LogP contribution in [0.2, 0.25) is 5.02 Å². The first-order valence-electron chi connectivity index (χ1n) is 10.9. The maximum atomic E-state index is 13.1. The molecule has 1 atom stereocenters. The van der Waals surface area contributed by atoms with Gasteiger partial charge in [0, 0.05) is 31.5 Å². The number of anilines is 1. The fourth-order valence-corrected chi connectivity index (χ4v) is 3.55. The van der Waals surface area contributed by atoms with E-state index in [1.165, 1.54) is 19.4 Å². The third kappa shape index (κ3) is 6.36. The molecule has 1 aromatic carbocycles. The quantitative estimate of drug-likeness (QED) is 0.423. The van der Waals surface area contributed by atoms with Gasteiger partial charge in [0.25, 0.3) is 11.5 Å². The third-order valence-corrected chi connectivity index (χ3v) is 5.28. The van der Waals surface area contributed by atoms with Crippen LogP contribution in [0.15, 0.2) is 47.5 Å². The number of aromatic nitrogens is 4. The number of carbonyl (C=O) groups excluding carboxylic acids is 1. The first kappa shape index (κ1) is 25.3. The van der Waals surface area contributed by atoms with E-state index < -0.39 is 17.5 Å². The molecule has 11 heteroatoms. The molecule has 34 heavy (non-hydrogen) atoms. The molecular formula is C23H28ClN5O5. The molecule has 2 aromatic heterocycles. The standard InChI is InChI=1S/C23H28ClN5O5/c1-15(2)12-17(23(32)26-20-8-10-28(27-20)9-5-11-30)29-21(31)13-16(14-25-29)34-19-7-4-6-18(33-3)22(19)24/h4,6-8,10,13-15,17,30H,5,9,11-12H2,1-3H3,(H,26,27,32). The van der Waals surface area contributed by atoms with Crippen molar-refractivity contribution in [3.63, 3.8) is 0 Å². The molecule has 1 unspecified atom stereocenters. The van der Waals surface area contributed by atoms with Gasteiger partial charge in [-0.15, -0.1) is 0 Å². The van der Waals surface area contributed by atoms with Crippen LogP contribution in [0.3, 0.4) is 0 Å². The number of nitrogens with one attached hydrogen (secondary N) is 1. The maximum Gasteiger partial charge on any atom is 0.271 e. The molecule has 1 amide bonds. The van der Waals surface area contributed by atoms with Crippen molar-refractivity contribution in [1.82, 2.24) is 19.6 Å². The van der Waals surface area contributed by atoms with Crippen LogP contribution in [0.1, 0.15) is 32.7 Å². The molecule has 0 aliphatic rings. The predicted octanol–water partition coefficient (Wildman–Crippen LogP) is 3.50. The van der Waals surface area contributed by atoms with E-state index in [0.29, 0.717) is 36.7 Å². The maximum absolute atomic E-state index is 13.1. The number of methoxy groups -OCH3 is 1. The number of benzene rings is 1. The second-order valence-corrected chi connectivity index (χ2v) is 8.40. The van der Waals surface area contributed by atoms with E-state index in [2.05, 4.69) is 15.5 Å². The summed E-state index contributed by atoms with van der Waals surface area (Å²) in [7, 11) is 1.49. The Morgan fingerprint density at radius 1 is 1.26 bits per heavy atom. The van der Waals surface area contributed by atoms with E-state index in [-0.39, 0.29) is 23.3 Å². The Labute approximate surface area is 202 Å². The molecule has 3 aromatic rings. The van der Waals surface area contributed by atoms with E-state index in [0.717, 1.165) is 4.68 Å². The highest BCUT2D eigenvalue weighted by atomic mass is 35.5. The zero-order valence-electron chi connectivity index (χ0n) is 19.3. The minimum atomic E-state index is -0.843. The largest absolute Gasteiger partial charge is 0.495 e. The number of ether oxygens (including phenoxy) is 2. The third-order valence-electron chi connectivity index (χ3n) is 4.91. The molecule has 0 spiro atoms. The summed E-state index contributed by atoms with van der Waals surface area (Å²) in [5, 5.41) is 20.4. The lowest BCUT2D eigenvalue weighted by Crippen LogP contribution is -2.35. The highest BCUT2D eigenvalue weighted by molar-refractivity contribution is 6.33. The Bertz CT molecular complexity index is 1180. The SMILES string of the molecule is COc1cccc(Oc2cnn(C(CC(C)C)C(=O)Nc3ccn(CCCO)n3)c(=O)c2)c1Cl. The summed E-state index contributed by atoms with van der Waals surface area (Å²) in [5.41, 5.74) is -0.495. The molecule has 0 fully saturated rings. The van der Waals surface area contributed by atoms with Gasteiger partial charge in [0.2, 0.25) is 0 Å². The van der Waals surface area contributed by atoms with Crippen LogP contribution in [0.25, 0.3) is 0 Å². The summed E-state index contributed by atoms with van der Waals surface area (Å²) in [6.45, 7) is 4.49. The number of nitrogens with zero attached hydrogens (tertiary/aromatic N) is 4. The first-order valence-corrected chi connectivity index (χ1v) is 11.2. The van der Waals surface area contributed by atoms with Crippen molar-refractivity contribution in [1.29, 1.82) is 0 Å². The minimum absolute atomic E-state index is 0.0519. The zero-order valence-corrected chi connectivity index (χ0v) is 20.0. The van der Waals surface area contributed by atoms with Crippen molar-refractivity contribution in [2.75, 3.05) is 19.0 Å². The number of hydrogen-bond donors (Lipinski definition) is 2. The molecule has 0 aliphatic carbocycles. The summed E-state index contributed by atoms with van der Waals surface area (Å²) < 4.78 is 13.7. The Morgan fingerprint density at radius 3 is 2.71 bits per heavy atom. The molecule has 0 aliphatic heterocycles. The Morgan fingerprint density at radius 2 is 2.03 bits per heavy atom. The van der Waals surface area contributed by atoms with Crippen molar-refractivity contribution in [2.45, 2.75) is 39.3 Å². The number of amides is 1. The first-order chi connectivity index (χ1) is 16.3. The van der Waals surface area contributed by atoms with Crippen LogP contribution in [0, 0.1) is 5.92 Å². The number of aryl methyl sites for hydroxylation is 1. The van der Waals surface area contributed by atoms with Crippen LogP contribution in [-0.2, 0) is 11.3 Å². The number of aliphatic hydroxyl groups is 1. The van der Waals surface area contributed by atoms with Crippen LogP contribution < -0.4 is 20.3 Å². The fourth-order valence-electron chi connectivity index (χ4n) is 3.30. The van der Waals surface area contributed by atoms with E-state index in [1.54, 1.807) is 35.1 Å². The molecule has 2 heterocycles. The predicted molar refractivity (Wildman–Crippen MR) is 128 cm³/mol. The minimum Gasteiger partial charge on any atom is -0.495 e. The lowest BCUT2D eigenvalue weighted by Gasteiger charge is -2.19. The molecular weight excluding hydrogens is 462 g/mol. The van der Waals surface area contributed by atoms with E-state index in [4.69, 9.17) is 26.2 Å². The van der Waals surface area contributed by atoms with Crippen molar-refractivity contribution < 1.29 is 19.4 Å². The van der Waals surface area contributed by atoms with E-state index in [1.807, 2.05) is 13.8 Å². The Balaban J connectivity index is 1.80. The number of aliphatic hydroxyl groups excluding tert-OH is 1. The van der Waals surface area contributed by atoms with Gasteiger partial charge >= 0.3 is 0 Å². The molecule has 10 nitrogen and oxygen atoms in total.